The lowest BCUT2D eigenvalue weighted by Crippen LogP contribution is -2.47. The van der Waals surface area contributed by atoms with E-state index in [1.807, 2.05) is 0 Å². The molecule has 0 spiro atoms. The monoisotopic (exact) mass is 341 g/mol. The lowest BCUT2D eigenvalue weighted by molar-refractivity contribution is -0.267. The first-order valence-electron chi connectivity index (χ1n) is 4.89. The predicted molar refractivity (Wildman–Crippen MR) is 56.1 cm³/mol. The van der Waals surface area contributed by atoms with E-state index < -0.39 is 40.5 Å². The third kappa shape index (κ3) is 3.74. The third-order valence-corrected chi connectivity index (χ3v) is 2.50. The van der Waals surface area contributed by atoms with Crippen LogP contribution in [0.2, 0.25) is 5.02 Å². The highest BCUT2D eigenvalue weighted by Crippen LogP contribution is 2.38. The van der Waals surface area contributed by atoms with Crippen molar-refractivity contribution in [2.24, 2.45) is 0 Å². The summed E-state index contributed by atoms with van der Waals surface area (Å²) in [6.45, 7) is 0. The minimum atomic E-state index is -6.14. The van der Waals surface area contributed by atoms with Crippen LogP contribution < -0.4 is 5.32 Å². The van der Waals surface area contributed by atoms with E-state index in [0.717, 1.165) is 5.32 Å². The summed E-state index contributed by atoms with van der Waals surface area (Å²) in [5.41, 5.74) is -2.06. The van der Waals surface area contributed by atoms with Crippen LogP contribution in [0.1, 0.15) is 5.56 Å². The van der Waals surface area contributed by atoms with Crippen molar-refractivity contribution in [3.63, 3.8) is 0 Å². The molecule has 0 fully saturated rings. The van der Waals surface area contributed by atoms with E-state index in [4.69, 9.17) is 11.6 Å². The summed E-state index contributed by atoms with van der Waals surface area (Å²) in [7, 11) is 0. The van der Waals surface area contributed by atoms with Crippen LogP contribution >= 0.6 is 11.6 Å². The first kappa shape index (κ1) is 17.5. The summed E-state index contributed by atoms with van der Waals surface area (Å²) in [5, 5.41) is 0.291. The predicted octanol–water partition coefficient (Wildman–Crippen LogP) is 4.49. The number of rotatable bonds is 2. The standard InChI is InChI=1S/C10H4ClF8NO/c11-5-3-4(9(14,15)16)1-2-6(5)20-7(21)8(12,13)10(17,18)19/h1-3H,(H,20,21). The molecule has 0 aliphatic heterocycles. The Morgan fingerprint density at radius 2 is 1.52 bits per heavy atom. The number of benzene rings is 1. The fourth-order valence-electron chi connectivity index (χ4n) is 1.12. The largest absolute Gasteiger partial charge is 0.463 e. The summed E-state index contributed by atoms with van der Waals surface area (Å²) in [6, 6.07) is 1.12. The van der Waals surface area contributed by atoms with Crippen molar-refractivity contribution >= 4 is 23.2 Å². The molecular weight excluding hydrogens is 338 g/mol. The maximum absolute atomic E-state index is 12.6. The highest BCUT2D eigenvalue weighted by atomic mass is 35.5. The van der Waals surface area contributed by atoms with Gasteiger partial charge in [-0.05, 0) is 18.2 Å². The number of halogens is 9. The van der Waals surface area contributed by atoms with Crippen molar-refractivity contribution in [3.8, 4) is 0 Å². The van der Waals surface area contributed by atoms with E-state index in [-0.39, 0.29) is 6.07 Å². The molecule has 1 aromatic carbocycles. The summed E-state index contributed by atoms with van der Waals surface area (Å²) in [5.74, 6) is -8.46. The fraction of sp³-hybridized carbons (Fsp3) is 0.300. The molecule has 0 saturated heterocycles. The van der Waals surface area contributed by atoms with E-state index in [1.165, 1.54) is 0 Å². The summed E-state index contributed by atoms with van der Waals surface area (Å²) >= 11 is 5.30. The molecule has 118 valence electrons. The maximum atomic E-state index is 12.6. The van der Waals surface area contributed by atoms with Gasteiger partial charge in [-0.1, -0.05) is 11.6 Å². The van der Waals surface area contributed by atoms with Crippen LogP contribution in [-0.2, 0) is 11.0 Å². The molecule has 1 amide bonds. The molecule has 21 heavy (non-hydrogen) atoms. The Labute approximate surface area is 116 Å². The molecule has 0 saturated carbocycles. The lowest BCUT2D eigenvalue weighted by Gasteiger charge is -2.19. The van der Waals surface area contributed by atoms with Crippen LogP contribution in [-0.4, -0.2) is 18.0 Å². The van der Waals surface area contributed by atoms with Gasteiger partial charge in [0.25, 0.3) is 0 Å². The second-order valence-electron chi connectivity index (χ2n) is 3.72. The van der Waals surface area contributed by atoms with E-state index in [9.17, 15) is 39.9 Å². The van der Waals surface area contributed by atoms with Crippen LogP contribution in [0.15, 0.2) is 18.2 Å². The number of anilines is 1. The van der Waals surface area contributed by atoms with Gasteiger partial charge in [0, 0.05) is 0 Å². The Kier molecular flexibility index (Phi) is 4.42. The van der Waals surface area contributed by atoms with E-state index in [1.54, 1.807) is 0 Å². The zero-order chi connectivity index (χ0) is 16.6. The highest BCUT2D eigenvalue weighted by Gasteiger charge is 2.63. The summed E-state index contributed by atoms with van der Waals surface area (Å²) < 4.78 is 97.9. The van der Waals surface area contributed by atoms with Gasteiger partial charge in [0.05, 0.1) is 16.3 Å². The van der Waals surface area contributed by atoms with Gasteiger partial charge in [-0.2, -0.15) is 35.1 Å². The molecule has 0 atom stereocenters. The van der Waals surface area contributed by atoms with Crippen molar-refractivity contribution < 1.29 is 39.9 Å². The number of alkyl halides is 8. The number of hydrogen-bond donors (Lipinski definition) is 1. The third-order valence-electron chi connectivity index (χ3n) is 2.19. The molecule has 0 aromatic heterocycles. The molecule has 2 nitrogen and oxygen atoms in total. The Balaban J connectivity index is 3.03. The van der Waals surface area contributed by atoms with Crippen molar-refractivity contribution in [2.45, 2.75) is 18.3 Å². The topological polar surface area (TPSA) is 29.1 Å². The van der Waals surface area contributed by atoms with Gasteiger partial charge in [-0.3, -0.25) is 4.79 Å². The van der Waals surface area contributed by atoms with Gasteiger partial charge in [0.2, 0.25) is 0 Å². The Bertz CT molecular complexity index is 551. The van der Waals surface area contributed by atoms with Gasteiger partial charge in [0.1, 0.15) is 0 Å². The molecule has 0 unspecified atom stereocenters. The van der Waals surface area contributed by atoms with Crippen molar-refractivity contribution in [1.29, 1.82) is 0 Å². The van der Waals surface area contributed by atoms with Gasteiger partial charge in [0.15, 0.2) is 0 Å². The molecular formula is C10H4ClF8NO. The normalized spacial score (nSPS) is 13.2. The second kappa shape index (κ2) is 5.32. The molecule has 0 aliphatic rings. The van der Waals surface area contributed by atoms with E-state index >= 15 is 0 Å². The van der Waals surface area contributed by atoms with Gasteiger partial charge < -0.3 is 5.32 Å². The molecule has 11 heteroatoms. The molecule has 1 aromatic rings. The van der Waals surface area contributed by atoms with E-state index in [0.29, 0.717) is 12.1 Å². The number of amides is 1. The molecule has 0 aliphatic carbocycles. The number of nitrogens with one attached hydrogen (secondary N) is 1. The average Bonchev–Trinajstić information content (AvgIpc) is 2.28. The van der Waals surface area contributed by atoms with Crippen molar-refractivity contribution in [2.75, 3.05) is 5.32 Å². The number of carbonyl (C=O) groups excluding carboxylic acids is 1. The first-order valence-corrected chi connectivity index (χ1v) is 5.27. The highest BCUT2D eigenvalue weighted by molar-refractivity contribution is 6.33. The second-order valence-corrected chi connectivity index (χ2v) is 4.13. The van der Waals surface area contributed by atoms with Crippen LogP contribution in [0.3, 0.4) is 0 Å². The maximum Gasteiger partial charge on any atom is 0.463 e. The summed E-state index contributed by atoms with van der Waals surface area (Å²) in [4.78, 5) is 10.9. The number of carbonyl (C=O) groups is 1. The lowest BCUT2D eigenvalue weighted by atomic mass is 10.2. The Morgan fingerprint density at radius 3 is 1.90 bits per heavy atom. The molecule has 0 bridgehead atoms. The SMILES string of the molecule is O=C(Nc1ccc(C(F)(F)F)cc1Cl)C(F)(F)C(F)(F)F. The zero-order valence-corrected chi connectivity index (χ0v) is 10.3. The smallest absolute Gasteiger partial charge is 0.319 e. The van der Waals surface area contributed by atoms with Crippen LogP contribution in [0, 0.1) is 0 Å². The minimum absolute atomic E-state index is 0.281. The van der Waals surface area contributed by atoms with Gasteiger partial charge in [-0.15, -0.1) is 0 Å². The Morgan fingerprint density at radius 1 is 1.00 bits per heavy atom. The fourth-order valence-corrected chi connectivity index (χ4v) is 1.35. The van der Waals surface area contributed by atoms with Crippen molar-refractivity contribution in [3.05, 3.63) is 28.8 Å². The molecule has 0 heterocycles. The quantitative estimate of drug-likeness (QED) is 0.789. The number of hydrogen-bond acceptors (Lipinski definition) is 1. The zero-order valence-electron chi connectivity index (χ0n) is 9.54. The van der Waals surface area contributed by atoms with Gasteiger partial charge in [-0.25, -0.2) is 0 Å². The molecule has 1 rings (SSSR count). The van der Waals surface area contributed by atoms with E-state index in [2.05, 4.69) is 0 Å². The first-order chi connectivity index (χ1) is 9.26. The molecule has 1 N–H and O–H groups in total. The summed E-state index contributed by atoms with van der Waals surface area (Å²) in [6.07, 6.45) is -10.9. The van der Waals surface area contributed by atoms with Crippen LogP contribution in [0.4, 0.5) is 40.8 Å². The van der Waals surface area contributed by atoms with Crippen LogP contribution in [0.5, 0.6) is 0 Å². The van der Waals surface area contributed by atoms with Gasteiger partial charge >= 0.3 is 24.2 Å². The average molecular weight is 342 g/mol. The van der Waals surface area contributed by atoms with Crippen LogP contribution in [0.25, 0.3) is 0 Å². The van der Waals surface area contributed by atoms with Crippen molar-refractivity contribution in [1.82, 2.24) is 0 Å². The Hall–Kier alpha value is -1.58. The minimum Gasteiger partial charge on any atom is -0.319 e. The molecule has 0 radical (unpaired) electrons.